The minimum atomic E-state index is -3.60. The number of ether oxygens (including phenoxy) is 1. The van der Waals surface area contributed by atoms with Gasteiger partial charge in [-0.3, -0.25) is 9.69 Å². The highest BCUT2D eigenvalue weighted by molar-refractivity contribution is 7.89. The molecule has 162 valence electrons. The first kappa shape index (κ1) is 22.5. The van der Waals surface area contributed by atoms with Crippen molar-refractivity contribution in [1.29, 1.82) is 0 Å². The number of rotatable bonds is 5. The number of nitrogens with zero attached hydrogens (tertiary/aromatic N) is 2. The van der Waals surface area contributed by atoms with Crippen LogP contribution in [0.1, 0.15) is 40.0 Å². The lowest BCUT2D eigenvalue weighted by Crippen LogP contribution is -2.52. The van der Waals surface area contributed by atoms with Crippen LogP contribution in [0.25, 0.3) is 0 Å². The quantitative estimate of drug-likeness (QED) is 0.756. The molecule has 0 aliphatic carbocycles. The van der Waals surface area contributed by atoms with Gasteiger partial charge in [0.05, 0.1) is 33.9 Å². The number of carbonyl (C=O) groups is 1. The van der Waals surface area contributed by atoms with Gasteiger partial charge < -0.3 is 10.1 Å². The van der Waals surface area contributed by atoms with E-state index in [4.69, 9.17) is 16.3 Å². The maximum atomic E-state index is 12.9. The van der Waals surface area contributed by atoms with Crippen molar-refractivity contribution in [3.63, 3.8) is 0 Å². The highest BCUT2D eigenvalue weighted by atomic mass is 35.5. The van der Waals surface area contributed by atoms with Crippen molar-refractivity contribution in [1.82, 2.24) is 9.21 Å². The molecule has 1 aromatic rings. The highest BCUT2D eigenvalue weighted by Crippen LogP contribution is 2.28. The third-order valence-corrected chi connectivity index (χ3v) is 7.75. The molecular formula is C20H30ClN3O4S. The normalized spacial score (nSPS) is 25.5. The monoisotopic (exact) mass is 443 g/mol. The van der Waals surface area contributed by atoms with E-state index in [9.17, 15) is 13.2 Å². The van der Waals surface area contributed by atoms with Crippen LogP contribution in [0.2, 0.25) is 5.02 Å². The van der Waals surface area contributed by atoms with E-state index < -0.39 is 10.0 Å². The van der Waals surface area contributed by atoms with Gasteiger partial charge in [0.25, 0.3) is 0 Å². The summed E-state index contributed by atoms with van der Waals surface area (Å²) < 4.78 is 33.1. The van der Waals surface area contributed by atoms with Crippen LogP contribution in [0.15, 0.2) is 23.1 Å². The number of hydrogen-bond donors (Lipinski definition) is 1. The molecule has 3 atom stereocenters. The Hall–Kier alpha value is -1.19. The second-order valence-electron chi connectivity index (χ2n) is 7.98. The molecule has 1 aromatic carbocycles. The van der Waals surface area contributed by atoms with Crippen LogP contribution in [0.5, 0.6) is 0 Å². The van der Waals surface area contributed by atoms with Crippen molar-refractivity contribution in [2.75, 3.05) is 31.5 Å². The Kier molecular flexibility index (Phi) is 7.22. The molecule has 0 aromatic heterocycles. The van der Waals surface area contributed by atoms with E-state index in [2.05, 4.69) is 10.2 Å². The molecule has 2 aliphatic rings. The van der Waals surface area contributed by atoms with E-state index in [0.29, 0.717) is 36.9 Å². The number of benzene rings is 1. The first-order chi connectivity index (χ1) is 13.7. The fraction of sp³-hybridized carbons (Fsp3) is 0.650. The third kappa shape index (κ3) is 5.30. The van der Waals surface area contributed by atoms with Crippen LogP contribution in [0.3, 0.4) is 0 Å². The molecule has 2 heterocycles. The van der Waals surface area contributed by atoms with Crippen LogP contribution in [-0.2, 0) is 19.6 Å². The van der Waals surface area contributed by atoms with E-state index in [1.165, 1.54) is 22.5 Å². The molecule has 2 aliphatic heterocycles. The lowest BCUT2D eigenvalue weighted by atomic mass is 10.1. The maximum Gasteiger partial charge on any atom is 0.243 e. The summed E-state index contributed by atoms with van der Waals surface area (Å²) in [6, 6.07) is 4.10. The Bertz CT molecular complexity index is 832. The van der Waals surface area contributed by atoms with Crippen molar-refractivity contribution in [3.05, 3.63) is 23.2 Å². The predicted octanol–water partition coefficient (Wildman–Crippen LogP) is 2.95. The molecule has 2 fully saturated rings. The van der Waals surface area contributed by atoms with Gasteiger partial charge in [0.1, 0.15) is 0 Å². The lowest BCUT2D eigenvalue weighted by molar-refractivity contribution is -0.126. The summed E-state index contributed by atoms with van der Waals surface area (Å²) in [5.74, 6) is -0.222. The van der Waals surface area contributed by atoms with Gasteiger partial charge >= 0.3 is 0 Å². The predicted molar refractivity (Wildman–Crippen MR) is 114 cm³/mol. The zero-order valence-corrected chi connectivity index (χ0v) is 18.8. The number of halogens is 1. The smallest absolute Gasteiger partial charge is 0.243 e. The second kappa shape index (κ2) is 9.31. The van der Waals surface area contributed by atoms with Crippen LogP contribution >= 0.6 is 11.6 Å². The Labute approximate surface area is 178 Å². The van der Waals surface area contributed by atoms with Gasteiger partial charge in [-0.25, -0.2) is 8.42 Å². The fourth-order valence-corrected chi connectivity index (χ4v) is 5.66. The van der Waals surface area contributed by atoms with E-state index in [-0.39, 0.29) is 29.1 Å². The Morgan fingerprint density at radius 3 is 2.41 bits per heavy atom. The zero-order chi connectivity index (χ0) is 21.2. The molecular weight excluding hydrogens is 414 g/mol. The Balaban J connectivity index is 1.75. The molecule has 9 heteroatoms. The van der Waals surface area contributed by atoms with Crippen molar-refractivity contribution in [2.45, 2.75) is 63.2 Å². The summed E-state index contributed by atoms with van der Waals surface area (Å²) in [7, 11) is -3.60. The number of nitrogens with one attached hydrogen (secondary N) is 1. The van der Waals surface area contributed by atoms with E-state index in [0.717, 1.165) is 19.3 Å². The van der Waals surface area contributed by atoms with Crippen LogP contribution < -0.4 is 5.32 Å². The largest absolute Gasteiger partial charge is 0.373 e. The van der Waals surface area contributed by atoms with Crippen molar-refractivity contribution < 1.29 is 17.9 Å². The molecule has 0 saturated carbocycles. The number of morpholine rings is 1. The van der Waals surface area contributed by atoms with Gasteiger partial charge in [-0.2, -0.15) is 4.31 Å². The molecule has 1 amide bonds. The molecule has 0 unspecified atom stereocenters. The summed E-state index contributed by atoms with van der Waals surface area (Å²) in [5, 5.41) is 3.13. The van der Waals surface area contributed by atoms with Crippen LogP contribution in [-0.4, -0.2) is 68.0 Å². The van der Waals surface area contributed by atoms with Gasteiger partial charge in [-0.05, 0) is 51.8 Å². The number of piperidine rings is 1. The maximum absolute atomic E-state index is 12.9. The summed E-state index contributed by atoms with van der Waals surface area (Å²) >= 11 is 6.26. The van der Waals surface area contributed by atoms with Gasteiger partial charge in [-0.1, -0.05) is 18.0 Å². The van der Waals surface area contributed by atoms with Gasteiger partial charge in [-0.15, -0.1) is 0 Å². The zero-order valence-electron chi connectivity index (χ0n) is 17.2. The number of anilines is 1. The van der Waals surface area contributed by atoms with Gasteiger partial charge in [0, 0.05) is 26.2 Å². The molecule has 2 saturated heterocycles. The van der Waals surface area contributed by atoms with Crippen LogP contribution in [0.4, 0.5) is 5.69 Å². The van der Waals surface area contributed by atoms with Gasteiger partial charge in [0.15, 0.2) is 0 Å². The second-order valence-corrected chi connectivity index (χ2v) is 10.3. The SMILES string of the molecule is C[C@@H]1CN([C@@H](C)C(=O)Nc2cc(S(=O)(=O)N3CCCCC3)ccc2Cl)C[C@@H](C)O1. The highest BCUT2D eigenvalue weighted by Gasteiger charge is 2.30. The summed E-state index contributed by atoms with van der Waals surface area (Å²) in [6.07, 6.45) is 2.88. The minimum absolute atomic E-state index is 0.0515. The fourth-order valence-electron chi connectivity index (χ4n) is 3.95. The molecule has 3 rings (SSSR count). The number of sulfonamides is 1. The average Bonchev–Trinajstić information content (AvgIpc) is 2.68. The van der Waals surface area contributed by atoms with E-state index >= 15 is 0 Å². The third-order valence-electron chi connectivity index (χ3n) is 5.52. The van der Waals surface area contributed by atoms with Crippen molar-refractivity contribution >= 4 is 33.2 Å². The number of carbonyl (C=O) groups excluding carboxylic acids is 1. The molecule has 29 heavy (non-hydrogen) atoms. The standard InChI is InChI=1S/C20H30ClN3O4S/c1-14-12-23(13-15(2)28-14)16(3)20(25)22-19-11-17(7-8-18(19)21)29(26,27)24-9-5-4-6-10-24/h7-8,11,14-16H,4-6,9-10,12-13H2,1-3H3,(H,22,25)/t14-,15-,16+/m1/s1. The van der Waals surface area contributed by atoms with Crippen LogP contribution in [0, 0.1) is 0 Å². The van der Waals surface area contributed by atoms with E-state index in [1.54, 1.807) is 0 Å². The average molecular weight is 444 g/mol. The summed E-state index contributed by atoms with van der Waals surface area (Å²) in [6.45, 7) is 8.18. The van der Waals surface area contributed by atoms with Gasteiger partial charge in [0.2, 0.25) is 15.9 Å². The lowest BCUT2D eigenvalue weighted by Gasteiger charge is -2.38. The van der Waals surface area contributed by atoms with Crippen molar-refractivity contribution in [3.8, 4) is 0 Å². The van der Waals surface area contributed by atoms with Crippen molar-refractivity contribution in [2.24, 2.45) is 0 Å². The molecule has 0 spiro atoms. The minimum Gasteiger partial charge on any atom is -0.373 e. The summed E-state index contributed by atoms with van der Waals surface area (Å²) in [5.41, 5.74) is 0.316. The van der Waals surface area contributed by atoms with E-state index in [1.807, 2.05) is 20.8 Å². The molecule has 0 bridgehead atoms. The summed E-state index contributed by atoms with van der Waals surface area (Å²) in [4.78, 5) is 15.0. The Morgan fingerprint density at radius 1 is 1.17 bits per heavy atom. The topological polar surface area (TPSA) is 79.0 Å². The first-order valence-electron chi connectivity index (χ1n) is 10.2. The molecule has 1 N–H and O–H groups in total. The molecule has 0 radical (unpaired) electrons. The Morgan fingerprint density at radius 2 is 1.79 bits per heavy atom. The number of hydrogen-bond acceptors (Lipinski definition) is 5. The number of amides is 1. The first-order valence-corrected chi connectivity index (χ1v) is 12.0. The molecule has 7 nitrogen and oxygen atoms in total.